The van der Waals surface area contributed by atoms with Crippen LogP contribution in [0.4, 0.5) is 0 Å². The van der Waals surface area contributed by atoms with Crippen LogP contribution in [0.25, 0.3) is 0 Å². The Bertz CT molecular complexity index is 265. The molecule has 0 amide bonds. The molecule has 0 aliphatic heterocycles. The van der Waals surface area contributed by atoms with Crippen molar-refractivity contribution in [3.8, 4) is 24.7 Å². The van der Waals surface area contributed by atoms with Crippen LogP contribution in [0.5, 0.6) is 0 Å². The van der Waals surface area contributed by atoms with Gasteiger partial charge in [0.1, 0.15) is 0 Å². The van der Waals surface area contributed by atoms with Crippen LogP contribution >= 0.6 is 0 Å². The van der Waals surface area contributed by atoms with Crippen molar-refractivity contribution in [2.45, 2.75) is 0 Å². The molecule has 0 aromatic heterocycles. The van der Waals surface area contributed by atoms with Crippen molar-refractivity contribution in [2.24, 2.45) is 0 Å². The van der Waals surface area contributed by atoms with Crippen molar-refractivity contribution in [3.63, 3.8) is 0 Å². The van der Waals surface area contributed by atoms with Crippen molar-refractivity contribution in [3.05, 3.63) is 35.4 Å². The first-order chi connectivity index (χ1) is 4.86. The van der Waals surface area contributed by atoms with Crippen LogP contribution in [0.2, 0.25) is 0 Å². The molecule has 0 atom stereocenters. The molecular weight excluding hydrogens is 134 g/mol. The van der Waals surface area contributed by atoms with E-state index < -0.39 is 0 Å². The van der Waals surface area contributed by atoms with Crippen molar-refractivity contribution < 1.29 is 0 Å². The zero-order chi connectivity index (χ0) is 7.40. The Hall–Kier alpha value is -0.465. The van der Waals surface area contributed by atoms with E-state index in [4.69, 9.17) is 12.8 Å². The summed E-state index contributed by atoms with van der Waals surface area (Å²) in [7, 11) is 0. The van der Waals surface area contributed by atoms with E-state index in [0.29, 0.717) is 0 Å². The molecule has 0 nitrogen and oxygen atoms in total. The summed E-state index contributed by atoms with van der Waals surface area (Å²) in [5.74, 6) is 5.02. The molecule has 48 valence electrons. The second-order valence-corrected chi connectivity index (χ2v) is 1.87. The van der Waals surface area contributed by atoms with Crippen LogP contribution < -0.4 is 0 Å². The Balaban J connectivity index is 0. The SMILES string of the molecule is C#Cc1ccc(C#C)cc1.[Li].[Li]. The topological polar surface area (TPSA) is 0 Å². The van der Waals surface area contributed by atoms with Gasteiger partial charge in [-0.25, -0.2) is 0 Å². The fraction of sp³-hybridized carbons (Fsp3) is 0. The number of benzene rings is 1. The second-order valence-electron chi connectivity index (χ2n) is 1.87. The molecule has 2 heteroatoms. The molecule has 0 heterocycles. The van der Waals surface area contributed by atoms with Gasteiger partial charge in [0.25, 0.3) is 0 Å². The first-order valence-corrected chi connectivity index (χ1v) is 2.90. The van der Waals surface area contributed by atoms with Gasteiger partial charge in [0.05, 0.1) is 0 Å². The van der Waals surface area contributed by atoms with E-state index in [9.17, 15) is 0 Å². The minimum absolute atomic E-state index is 0. The van der Waals surface area contributed by atoms with Crippen LogP contribution in [0.15, 0.2) is 24.3 Å². The summed E-state index contributed by atoms with van der Waals surface area (Å²) in [5.41, 5.74) is 1.72. The Morgan fingerprint density at radius 1 is 0.750 bits per heavy atom. The quantitative estimate of drug-likeness (QED) is 0.370. The minimum Gasteiger partial charge on any atom is -0.115 e. The molecule has 0 aliphatic rings. The monoisotopic (exact) mass is 140 g/mol. The number of terminal acetylenes is 2. The van der Waals surface area contributed by atoms with Crippen LogP contribution in [-0.2, 0) is 0 Å². The summed E-state index contributed by atoms with van der Waals surface area (Å²) in [5, 5.41) is 0. The molecule has 1 aromatic carbocycles. The molecule has 1 rings (SSSR count). The van der Waals surface area contributed by atoms with E-state index in [-0.39, 0.29) is 37.7 Å². The molecule has 0 fully saturated rings. The van der Waals surface area contributed by atoms with Gasteiger partial charge >= 0.3 is 0 Å². The number of hydrogen-bond donors (Lipinski definition) is 0. The summed E-state index contributed by atoms with van der Waals surface area (Å²) < 4.78 is 0. The molecule has 0 bridgehead atoms. The van der Waals surface area contributed by atoms with Gasteiger partial charge in [0.2, 0.25) is 0 Å². The Morgan fingerprint density at radius 2 is 1.00 bits per heavy atom. The van der Waals surface area contributed by atoms with E-state index in [0.717, 1.165) is 11.1 Å². The third-order valence-electron chi connectivity index (χ3n) is 1.22. The molecule has 1 aromatic rings. The third kappa shape index (κ3) is 3.79. The molecule has 2 radical (unpaired) electrons. The fourth-order valence-corrected chi connectivity index (χ4v) is 0.663. The summed E-state index contributed by atoms with van der Waals surface area (Å²) in [6.45, 7) is 0. The zero-order valence-corrected chi connectivity index (χ0v) is 7.46. The van der Waals surface area contributed by atoms with E-state index in [2.05, 4.69) is 11.8 Å². The van der Waals surface area contributed by atoms with E-state index >= 15 is 0 Å². The molecular formula is C10H6Li2. The largest absolute Gasteiger partial charge is 0.115 e. The van der Waals surface area contributed by atoms with E-state index in [1.54, 1.807) is 0 Å². The minimum atomic E-state index is 0. The van der Waals surface area contributed by atoms with Gasteiger partial charge in [-0.1, -0.05) is 11.8 Å². The first kappa shape index (κ1) is 14.1. The summed E-state index contributed by atoms with van der Waals surface area (Å²) in [4.78, 5) is 0. The molecule has 0 unspecified atom stereocenters. The predicted octanol–water partition coefficient (Wildman–Crippen LogP) is 0.888. The summed E-state index contributed by atoms with van der Waals surface area (Å²) in [6.07, 6.45) is 10.3. The smallest absolute Gasteiger partial charge is 0.0243 e. The first-order valence-electron chi connectivity index (χ1n) is 2.90. The van der Waals surface area contributed by atoms with E-state index in [1.807, 2.05) is 24.3 Å². The number of hydrogen-bond acceptors (Lipinski definition) is 0. The third-order valence-corrected chi connectivity index (χ3v) is 1.22. The van der Waals surface area contributed by atoms with Gasteiger partial charge in [0.15, 0.2) is 0 Å². The van der Waals surface area contributed by atoms with Crippen LogP contribution in [-0.4, -0.2) is 37.7 Å². The van der Waals surface area contributed by atoms with Gasteiger partial charge in [0, 0.05) is 48.8 Å². The summed E-state index contributed by atoms with van der Waals surface area (Å²) in [6, 6.07) is 7.31. The Kier molecular flexibility index (Phi) is 8.45. The fourth-order valence-electron chi connectivity index (χ4n) is 0.663. The molecule has 0 saturated carbocycles. The maximum Gasteiger partial charge on any atom is 0.0243 e. The molecule has 0 N–H and O–H groups in total. The maximum atomic E-state index is 5.14. The molecule has 0 saturated heterocycles. The Morgan fingerprint density at radius 3 is 1.17 bits per heavy atom. The number of rotatable bonds is 0. The van der Waals surface area contributed by atoms with Crippen molar-refractivity contribution in [2.75, 3.05) is 0 Å². The average molecular weight is 140 g/mol. The summed E-state index contributed by atoms with van der Waals surface area (Å²) >= 11 is 0. The maximum absolute atomic E-state index is 5.14. The zero-order valence-electron chi connectivity index (χ0n) is 7.46. The Labute approximate surface area is 97.5 Å². The van der Waals surface area contributed by atoms with Crippen molar-refractivity contribution >= 4 is 37.7 Å². The van der Waals surface area contributed by atoms with Crippen molar-refractivity contribution in [1.82, 2.24) is 0 Å². The molecule has 0 aliphatic carbocycles. The van der Waals surface area contributed by atoms with Gasteiger partial charge in [-0.05, 0) is 24.3 Å². The van der Waals surface area contributed by atoms with Crippen molar-refractivity contribution in [1.29, 1.82) is 0 Å². The normalized spacial score (nSPS) is 6.50. The van der Waals surface area contributed by atoms with Crippen LogP contribution in [0.3, 0.4) is 0 Å². The van der Waals surface area contributed by atoms with E-state index in [1.165, 1.54) is 0 Å². The van der Waals surface area contributed by atoms with Gasteiger partial charge < -0.3 is 0 Å². The average Bonchev–Trinajstić information content (AvgIpc) is 2.05. The molecule has 0 spiro atoms. The van der Waals surface area contributed by atoms with Gasteiger partial charge in [-0.2, -0.15) is 0 Å². The molecule has 12 heavy (non-hydrogen) atoms. The van der Waals surface area contributed by atoms with Gasteiger partial charge in [-0.15, -0.1) is 12.8 Å². The predicted molar refractivity (Wildman–Crippen MR) is 53.8 cm³/mol. The van der Waals surface area contributed by atoms with Crippen LogP contribution in [0, 0.1) is 24.7 Å². The van der Waals surface area contributed by atoms with Gasteiger partial charge in [-0.3, -0.25) is 0 Å². The standard InChI is InChI=1S/C10H6.2Li/c1-3-9-5-7-10(4-2)8-6-9;;/h1-2,5-8H;;. The van der Waals surface area contributed by atoms with Crippen LogP contribution in [0.1, 0.15) is 11.1 Å². The second kappa shape index (κ2) is 7.20.